The van der Waals surface area contributed by atoms with Gasteiger partial charge in [-0.15, -0.1) is 0 Å². The minimum Gasteiger partial charge on any atom is -0.497 e. The van der Waals surface area contributed by atoms with Gasteiger partial charge in [-0.1, -0.05) is 12.1 Å². The van der Waals surface area contributed by atoms with Crippen LogP contribution in [0.4, 0.5) is 17.2 Å². The normalized spacial score (nSPS) is 10.3. The van der Waals surface area contributed by atoms with Crippen LogP contribution in [0, 0.1) is 6.92 Å². The third kappa shape index (κ3) is 4.63. The molecule has 150 valence electrons. The second-order valence-corrected chi connectivity index (χ2v) is 6.37. The highest BCUT2D eigenvalue weighted by molar-refractivity contribution is 6.04. The van der Waals surface area contributed by atoms with Gasteiger partial charge in [-0.25, -0.2) is 9.97 Å². The van der Waals surface area contributed by atoms with Gasteiger partial charge in [0.05, 0.1) is 19.9 Å². The molecule has 0 saturated heterocycles. The predicted molar refractivity (Wildman–Crippen MR) is 113 cm³/mol. The van der Waals surface area contributed by atoms with E-state index in [-0.39, 0.29) is 11.6 Å². The fourth-order valence-electron chi connectivity index (χ4n) is 2.99. The van der Waals surface area contributed by atoms with E-state index in [1.54, 1.807) is 38.5 Å². The largest absolute Gasteiger partial charge is 0.497 e. The first-order valence-electron chi connectivity index (χ1n) is 9.25. The molecule has 0 unspecified atom stereocenters. The number of aromatic nitrogens is 2. The smallest absolute Gasteiger partial charge is 0.274 e. The SMILES string of the molecule is CCN(c1cccc(C)c1)c1cc(C(=O)Nc2cc(OC)ccc2OC)ncn1. The Morgan fingerprint density at radius 2 is 1.90 bits per heavy atom. The lowest BCUT2D eigenvalue weighted by Crippen LogP contribution is -2.20. The van der Waals surface area contributed by atoms with E-state index >= 15 is 0 Å². The number of hydrogen-bond acceptors (Lipinski definition) is 6. The monoisotopic (exact) mass is 392 g/mol. The van der Waals surface area contributed by atoms with Crippen LogP contribution in [-0.2, 0) is 0 Å². The van der Waals surface area contributed by atoms with E-state index in [0.717, 1.165) is 11.3 Å². The summed E-state index contributed by atoms with van der Waals surface area (Å²) < 4.78 is 10.5. The zero-order chi connectivity index (χ0) is 20.8. The second-order valence-electron chi connectivity index (χ2n) is 6.37. The minimum absolute atomic E-state index is 0.256. The molecule has 1 aromatic heterocycles. The molecule has 0 fully saturated rings. The van der Waals surface area contributed by atoms with Crippen LogP contribution in [-0.4, -0.2) is 36.6 Å². The molecule has 1 amide bonds. The summed E-state index contributed by atoms with van der Waals surface area (Å²) in [5, 5.41) is 2.83. The zero-order valence-electron chi connectivity index (χ0n) is 17.0. The molecule has 1 heterocycles. The third-order valence-corrected chi connectivity index (χ3v) is 4.45. The lowest BCUT2D eigenvalue weighted by molar-refractivity contribution is 0.102. The summed E-state index contributed by atoms with van der Waals surface area (Å²) >= 11 is 0. The second kappa shape index (κ2) is 9.05. The van der Waals surface area contributed by atoms with Gasteiger partial charge in [0, 0.05) is 24.4 Å². The van der Waals surface area contributed by atoms with Crippen molar-refractivity contribution in [1.82, 2.24) is 9.97 Å². The van der Waals surface area contributed by atoms with Crippen molar-refractivity contribution in [2.75, 3.05) is 31.0 Å². The van der Waals surface area contributed by atoms with Gasteiger partial charge in [-0.2, -0.15) is 0 Å². The van der Waals surface area contributed by atoms with Gasteiger partial charge in [-0.3, -0.25) is 4.79 Å². The molecule has 7 heteroatoms. The molecule has 0 radical (unpaired) electrons. The van der Waals surface area contributed by atoms with Gasteiger partial charge in [0.25, 0.3) is 5.91 Å². The first-order chi connectivity index (χ1) is 14.0. The fraction of sp³-hybridized carbons (Fsp3) is 0.227. The Labute approximate surface area is 170 Å². The average Bonchev–Trinajstić information content (AvgIpc) is 2.74. The number of nitrogens with zero attached hydrogens (tertiary/aromatic N) is 3. The fourth-order valence-corrected chi connectivity index (χ4v) is 2.99. The van der Waals surface area contributed by atoms with Crippen molar-refractivity contribution >= 4 is 23.1 Å². The summed E-state index contributed by atoms with van der Waals surface area (Å²) in [7, 11) is 3.11. The minimum atomic E-state index is -0.361. The van der Waals surface area contributed by atoms with E-state index in [4.69, 9.17) is 9.47 Å². The zero-order valence-corrected chi connectivity index (χ0v) is 17.0. The van der Waals surface area contributed by atoms with Crippen molar-refractivity contribution in [1.29, 1.82) is 0 Å². The van der Waals surface area contributed by atoms with Crippen LogP contribution < -0.4 is 19.7 Å². The lowest BCUT2D eigenvalue weighted by Gasteiger charge is -2.22. The molecule has 2 aromatic carbocycles. The summed E-state index contributed by atoms with van der Waals surface area (Å²) in [6.45, 7) is 4.77. The van der Waals surface area contributed by atoms with Gasteiger partial charge in [-0.05, 0) is 43.7 Å². The summed E-state index contributed by atoms with van der Waals surface area (Å²) in [5.41, 5.74) is 2.92. The molecule has 0 atom stereocenters. The molecular weight excluding hydrogens is 368 g/mol. The molecule has 3 aromatic rings. The number of hydrogen-bond donors (Lipinski definition) is 1. The molecule has 29 heavy (non-hydrogen) atoms. The number of ether oxygens (including phenoxy) is 2. The van der Waals surface area contributed by atoms with Crippen molar-refractivity contribution in [3.05, 3.63) is 66.1 Å². The quantitative estimate of drug-likeness (QED) is 0.649. The molecular formula is C22H24N4O3. The first kappa shape index (κ1) is 20.1. The number of anilines is 3. The number of carbonyl (C=O) groups is 1. The Morgan fingerprint density at radius 1 is 1.07 bits per heavy atom. The molecule has 1 N–H and O–H groups in total. The van der Waals surface area contributed by atoms with Gasteiger partial charge >= 0.3 is 0 Å². The molecule has 3 rings (SSSR count). The Morgan fingerprint density at radius 3 is 2.59 bits per heavy atom. The van der Waals surface area contributed by atoms with Crippen molar-refractivity contribution in [3.63, 3.8) is 0 Å². The molecule has 0 saturated carbocycles. The van der Waals surface area contributed by atoms with Crippen LogP contribution in [0.25, 0.3) is 0 Å². The van der Waals surface area contributed by atoms with E-state index in [1.165, 1.54) is 6.33 Å². The first-order valence-corrected chi connectivity index (χ1v) is 9.25. The topological polar surface area (TPSA) is 76.6 Å². The Bertz CT molecular complexity index is 1010. The Hall–Kier alpha value is -3.61. The highest BCUT2D eigenvalue weighted by Crippen LogP contribution is 2.29. The van der Waals surface area contributed by atoms with E-state index < -0.39 is 0 Å². The van der Waals surface area contributed by atoms with Crippen LogP contribution >= 0.6 is 0 Å². The number of aryl methyl sites for hydroxylation is 1. The number of amides is 1. The van der Waals surface area contributed by atoms with Gasteiger partial charge in [0.1, 0.15) is 29.3 Å². The molecule has 7 nitrogen and oxygen atoms in total. The number of rotatable bonds is 7. The van der Waals surface area contributed by atoms with E-state index in [2.05, 4.69) is 21.4 Å². The van der Waals surface area contributed by atoms with Gasteiger partial charge in [0.2, 0.25) is 0 Å². The maximum Gasteiger partial charge on any atom is 0.274 e. The number of carbonyl (C=O) groups excluding carboxylic acids is 1. The average molecular weight is 392 g/mol. The summed E-state index contributed by atoms with van der Waals surface area (Å²) in [6, 6.07) is 15.0. The maximum atomic E-state index is 12.8. The van der Waals surface area contributed by atoms with Crippen molar-refractivity contribution in [3.8, 4) is 11.5 Å². The van der Waals surface area contributed by atoms with Gasteiger partial charge in [0.15, 0.2) is 0 Å². The number of nitrogens with one attached hydrogen (secondary N) is 1. The third-order valence-electron chi connectivity index (χ3n) is 4.45. The van der Waals surface area contributed by atoms with Crippen LogP contribution in [0.1, 0.15) is 23.0 Å². The highest BCUT2D eigenvalue weighted by Gasteiger charge is 2.16. The van der Waals surface area contributed by atoms with Crippen molar-refractivity contribution in [2.45, 2.75) is 13.8 Å². The molecule has 0 aliphatic carbocycles. The highest BCUT2D eigenvalue weighted by atomic mass is 16.5. The maximum absolute atomic E-state index is 12.8. The van der Waals surface area contributed by atoms with E-state index in [9.17, 15) is 4.79 Å². The van der Waals surface area contributed by atoms with Crippen LogP contribution in [0.2, 0.25) is 0 Å². The van der Waals surface area contributed by atoms with Crippen LogP contribution in [0.5, 0.6) is 11.5 Å². The number of methoxy groups -OCH3 is 2. The standard InChI is InChI=1S/C22H24N4O3/c1-5-26(16-8-6-7-15(2)11-16)21-13-19(23-14-24-21)22(27)25-18-12-17(28-3)9-10-20(18)29-4/h6-14H,5H2,1-4H3,(H,25,27). The summed E-state index contributed by atoms with van der Waals surface area (Å²) in [6.07, 6.45) is 1.39. The van der Waals surface area contributed by atoms with Crippen LogP contribution in [0.15, 0.2) is 54.9 Å². The van der Waals surface area contributed by atoms with Gasteiger partial charge < -0.3 is 19.7 Å². The Balaban J connectivity index is 1.88. The molecule has 0 spiro atoms. The molecule has 0 aliphatic heterocycles. The van der Waals surface area contributed by atoms with E-state index in [1.807, 2.05) is 36.9 Å². The number of benzene rings is 2. The predicted octanol–water partition coefficient (Wildman–Crippen LogP) is 4.21. The Kier molecular flexibility index (Phi) is 6.29. The molecule has 0 bridgehead atoms. The van der Waals surface area contributed by atoms with Crippen LogP contribution in [0.3, 0.4) is 0 Å². The van der Waals surface area contributed by atoms with Crippen molar-refractivity contribution < 1.29 is 14.3 Å². The lowest BCUT2D eigenvalue weighted by atomic mass is 10.2. The molecule has 0 aliphatic rings. The summed E-state index contributed by atoms with van der Waals surface area (Å²) in [5.74, 6) is 1.43. The summed E-state index contributed by atoms with van der Waals surface area (Å²) in [4.78, 5) is 23.3. The van der Waals surface area contributed by atoms with Crippen molar-refractivity contribution in [2.24, 2.45) is 0 Å². The van der Waals surface area contributed by atoms with E-state index in [0.29, 0.717) is 29.5 Å².